The number of fused-ring (bicyclic) bond motifs is 6. The summed E-state index contributed by atoms with van der Waals surface area (Å²) in [7, 11) is 0. The molecule has 0 spiro atoms. The van der Waals surface area contributed by atoms with Crippen LogP contribution in [0, 0.1) is 0 Å². The monoisotopic (exact) mass is 776 g/mol. The SMILES string of the molecule is CC1(C)c2ccccc2-c2ccc(N(c3ccccc3)c3ccc4c(c3)sc3cccc(-c5ccccc5-c5nc(-c6ccccc6)nc(C6C=CC=CC6)n5)c34)cc21. The first-order valence-corrected chi connectivity index (χ1v) is 21.1. The highest BCUT2D eigenvalue weighted by atomic mass is 32.1. The number of anilines is 3. The Morgan fingerprint density at radius 2 is 1.20 bits per heavy atom. The fourth-order valence-corrected chi connectivity index (χ4v) is 10.3. The predicted molar refractivity (Wildman–Crippen MR) is 247 cm³/mol. The molecule has 0 fully saturated rings. The lowest BCUT2D eigenvalue weighted by atomic mass is 9.82. The van der Waals surface area contributed by atoms with Crippen LogP contribution in [0.2, 0.25) is 0 Å². The summed E-state index contributed by atoms with van der Waals surface area (Å²) in [4.78, 5) is 17.8. The maximum Gasteiger partial charge on any atom is 0.164 e. The minimum Gasteiger partial charge on any atom is -0.310 e. The number of rotatable bonds is 7. The zero-order valence-corrected chi connectivity index (χ0v) is 33.7. The number of para-hydroxylation sites is 1. The molecule has 1 atom stereocenters. The van der Waals surface area contributed by atoms with Gasteiger partial charge < -0.3 is 4.90 Å². The lowest BCUT2D eigenvalue weighted by Gasteiger charge is -2.28. The number of nitrogens with zero attached hydrogens (tertiary/aromatic N) is 4. The molecule has 4 nitrogen and oxygen atoms in total. The molecule has 0 bridgehead atoms. The first kappa shape index (κ1) is 35.2. The zero-order valence-electron chi connectivity index (χ0n) is 32.9. The Labute approximate surface area is 348 Å². The van der Waals surface area contributed by atoms with E-state index in [-0.39, 0.29) is 11.3 Å². The molecule has 2 heterocycles. The molecule has 0 saturated carbocycles. The van der Waals surface area contributed by atoms with Crippen LogP contribution < -0.4 is 4.90 Å². The molecule has 0 aliphatic heterocycles. The van der Waals surface area contributed by atoms with Gasteiger partial charge in [0.2, 0.25) is 0 Å². The lowest BCUT2D eigenvalue weighted by Crippen LogP contribution is -2.16. The summed E-state index contributed by atoms with van der Waals surface area (Å²) >= 11 is 1.84. The fourth-order valence-electron chi connectivity index (χ4n) is 9.11. The van der Waals surface area contributed by atoms with Crippen molar-refractivity contribution in [3.63, 3.8) is 0 Å². The minimum absolute atomic E-state index is 0.0878. The van der Waals surface area contributed by atoms with E-state index >= 15 is 0 Å². The van der Waals surface area contributed by atoms with Crippen molar-refractivity contribution in [3.05, 3.63) is 205 Å². The smallest absolute Gasteiger partial charge is 0.164 e. The third-order valence-electron chi connectivity index (χ3n) is 12.0. The molecule has 282 valence electrons. The normalized spacial score (nSPS) is 15.1. The van der Waals surface area contributed by atoms with Gasteiger partial charge in [0, 0.05) is 59.7 Å². The Balaban J connectivity index is 1.04. The molecular weight excluding hydrogens is 737 g/mol. The molecule has 9 aromatic rings. The Hall–Kier alpha value is -6.95. The summed E-state index contributed by atoms with van der Waals surface area (Å²) in [5.41, 5.74) is 12.9. The average Bonchev–Trinajstić information content (AvgIpc) is 3.78. The molecule has 2 aliphatic carbocycles. The summed E-state index contributed by atoms with van der Waals surface area (Å²) < 4.78 is 2.48. The molecule has 0 radical (unpaired) electrons. The van der Waals surface area contributed by atoms with E-state index in [4.69, 9.17) is 15.0 Å². The highest BCUT2D eigenvalue weighted by Crippen LogP contribution is 2.51. The van der Waals surface area contributed by atoms with Crippen molar-refractivity contribution in [2.24, 2.45) is 0 Å². The van der Waals surface area contributed by atoms with Gasteiger partial charge in [-0.15, -0.1) is 11.3 Å². The van der Waals surface area contributed by atoms with E-state index in [9.17, 15) is 0 Å². The zero-order chi connectivity index (χ0) is 39.5. The van der Waals surface area contributed by atoms with E-state index < -0.39 is 0 Å². The summed E-state index contributed by atoms with van der Waals surface area (Å²) in [6.45, 7) is 4.70. The number of aromatic nitrogens is 3. The van der Waals surface area contributed by atoms with E-state index in [1.54, 1.807) is 0 Å². The maximum atomic E-state index is 5.19. The van der Waals surface area contributed by atoms with Crippen LogP contribution in [-0.4, -0.2) is 15.0 Å². The quantitative estimate of drug-likeness (QED) is 0.162. The Kier molecular flexibility index (Phi) is 8.45. The van der Waals surface area contributed by atoms with Crippen LogP contribution in [0.4, 0.5) is 17.1 Å². The Morgan fingerprint density at radius 1 is 0.525 bits per heavy atom. The van der Waals surface area contributed by atoms with Crippen molar-refractivity contribution in [2.75, 3.05) is 4.90 Å². The molecule has 7 aromatic carbocycles. The first-order chi connectivity index (χ1) is 29.0. The predicted octanol–water partition coefficient (Wildman–Crippen LogP) is 14.6. The van der Waals surface area contributed by atoms with E-state index in [2.05, 4.69) is 189 Å². The van der Waals surface area contributed by atoms with Crippen molar-refractivity contribution in [1.29, 1.82) is 0 Å². The molecule has 2 aliphatic rings. The topological polar surface area (TPSA) is 41.9 Å². The van der Waals surface area contributed by atoms with Crippen LogP contribution in [0.3, 0.4) is 0 Å². The average molecular weight is 777 g/mol. The van der Waals surface area contributed by atoms with E-state index in [1.165, 1.54) is 48.0 Å². The Morgan fingerprint density at radius 3 is 2.02 bits per heavy atom. The largest absolute Gasteiger partial charge is 0.310 e. The second kappa shape index (κ2) is 14.2. The molecule has 1 unspecified atom stereocenters. The summed E-state index contributed by atoms with van der Waals surface area (Å²) in [5, 5.41) is 2.48. The van der Waals surface area contributed by atoms with Gasteiger partial charge in [-0.2, -0.15) is 0 Å². The van der Waals surface area contributed by atoms with Crippen molar-refractivity contribution in [1.82, 2.24) is 15.0 Å². The molecule has 0 amide bonds. The molecule has 11 rings (SSSR count). The van der Waals surface area contributed by atoms with Crippen molar-refractivity contribution < 1.29 is 0 Å². The summed E-state index contributed by atoms with van der Waals surface area (Å²) in [6.07, 6.45) is 9.41. The van der Waals surface area contributed by atoms with Crippen LogP contribution in [0.5, 0.6) is 0 Å². The van der Waals surface area contributed by atoms with Gasteiger partial charge in [0.25, 0.3) is 0 Å². The standard InChI is InChI=1S/C54H40N4S/c1-54(2)46-27-15-14-24-41(46)42-31-29-38(33-47(42)54)58(37-21-10-5-11-22-37)39-30-32-45-49(34-39)59-48-28-16-26-43(50(45)48)40-23-12-13-25-44(40)53-56-51(35-17-6-3-7-18-35)55-52(57-53)36-19-8-4-9-20-36/h3-19,21-34,36H,20H2,1-2H3. The van der Waals surface area contributed by atoms with Crippen LogP contribution >= 0.6 is 11.3 Å². The molecule has 2 aromatic heterocycles. The number of hydrogen-bond donors (Lipinski definition) is 0. The summed E-state index contributed by atoms with van der Waals surface area (Å²) in [6, 6.07) is 59.0. The van der Waals surface area contributed by atoms with Crippen molar-refractivity contribution in [2.45, 2.75) is 31.6 Å². The third kappa shape index (κ3) is 6.00. The molecule has 59 heavy (non-hydrogen) atoms. The van der Waals surface area contributed by atoms with Crippen molar-refractivity contribution in [3.8, 4) is 45.0 Å². The second-order valence-corrected chi connectivity index (χ2v) is 17.0. The van der Waals surface area contributed by atoms with Gasteiger partial charge in [0.1, 0.15) is 5.82 Å². The van der Waals surface area contributed by atoms with Gasteiger partial charge in [-0.05, 0) is 82.3 Å². The number of thiophene rings is 1. The van der Waals surface area contributed by atoms with E-state index in [0.29, 0.717) is 11.6 Å². The van der Waals surface area contributed by atoms with Gasteiger partial charge in [0.05, 0.1) is 0 Å². The highest BCUT2D eigenvalue weighted by Gasteiger charge is 2.35. The first-order valence-electron chi connectivity index (χ1n) is 20.3. The lowest BCUT2D eigenvalue weighted by molar-refractivity contribution is 0.660. The maximum absolute atomic E-state index is 5.19. The van der Waals surface area contributed by atoms with Gasteiger partial charge in [-0.1, -0.05) is 159 Å². The second-order valence-electron chi connectivity index (χ2n) is 15.9. The van der Waals surface area contributed by atoms with Gasteiger partial charge in [-0.25, -0.2) is 15.0 Å². The van der Waals surface area contributed by atoms with Crippen molar-refractivity contribution >= 4 is 48.6 Å². The van der Waals surface area contributed by atoms with Gasteiger partial charge in [-0.3, -0.25) is 0 Å². The van der Waals surface area contributed by atoms with Crippen LogP contribution in [0.15, 0.2) is 188 Å². The van der Waals surface area contributed by atoms with Crippen LogP contribution in [0.1, 0.15) is 43.1 Å². The minimum atomic E-state index is -0.0946. The molecule has 0 N–H and O–H groups in total. The fraction of sp³-hybridized carbons (Fsp3) is 0.0926. The molecule has 5 heteroatoms. The van der Waals surface area contributed by atoms with Crippen LogP contribution in [-0.2, 0) is 5.41 Å². The van der Waals surface area contributed by atoms with Gasteiger partial charge >= 0.3 is 0 Å². The number of allylic oxidation sites excluding steroid dienone is 4. The third-order valence-corrected chi connectivity index (χ3v) is 13.2. The molecular formula is C54H40N4S. The van der Waals surface area contributed by atoms with E-state index in [1.807, 2.05) is 29.5 Å². The van der Waals surface area contributed by atoms with Crippen LogP contribution in [0.25, 0.3) is 65.2 Å². The van der Waals surface area contributed by atoms with E-state index in [0.717, 1.165) is 46.0 Å². The number of benzene rings is 7. The Bertz CT molecular complexity index is 3120. The number of hydrogen-bond acceptors (Lipinski definition) is 5. The molecule has 0 saturated heterocycles. The summed E-state index contributed by atoms with van der Waals surface area (Å²) in [5.74, 6) is 2.25. The van der Waals surface area contributed by atoms with Gasteiger partial charge in [0.15, 0.2) is 11.6 Å². The highest BCUT2D eigenvalue weighted by molar-refractivity contribution is 7.26.